The first-order chi connectivity index (χ1) is 12.0. The average molecular weight is 360 g/mol. The number of benzene rings is 2. The monoisotopic (exact) mass is 359 g/mol. The summed E-state index contributed by atoms with van der Waals surface area (Å²) in [6.07, 6.45) is -0.0856. The summed E-state index contributed by atoms with van der Waals surface area (Å²) in [6.45, 7) is 8.19. The third kappa shape index (κ3) is 4.25. The fraction of sp³-hybridized carbons (Fsp3) is 0.211. The molecule has 6 heteroatoms. The number of nitrogens with zero attached hydrogens (tertiary/aromatic N) is 1. The zero-order chi connectivity index (χ0) is 17.8. The average Bonchev–Trinajstić information content (AvgIpc) is 2.98. The van der Waals surface area contributed by atoms with Crippen LogP contribution in [0.1, 0.15) is 13.8 Å². The van der Waals surface area contributed by atoms with Crippen molar-refractivity contribution in [1.82, 2.24) is 4.98 Å². The fourth-order valence-corrected chi connectivity index (χ4v) is 2.34. The highest BCUT2D eigenvalue weighted by molar-refractivity contribution is 6.31. The Kier molecular flexibility index (Phi) is 5.14. The van der Waals surface area contributed by atoms with Crippen molar-refractivity contribution < 1.29 is 18.6 Å². The fourth-order valence-electron chi connectivity index (χ4n) is 2.18. The Labute approximate surface area is 150 Å². The number of oxazole rings is 1. The summed E-state index contributed by atoms with van der Waals surface area (Å²) in [7, 11) is 0. The van der Waals surface area contributed by atoms with E-state index in [9.17, 15) is 0 Å². The van der Waals surface area contributed by atoms with Crippen LogP contribution in [0.2, 0.25) is 5.02 Å². The molecular weight excluding hydrogens is 342 g/mol. The maximum absolute atomic E-state index is 5.93. The third-order valence-corrected chi connectivity index (χ3v) is 3.69. The van der Waals surface area contributed by atoms with Crippen molar-refractivity contribution in [3.8, 4) is 17.6 Å². The maximum Gasteiger partial charge on any atom is 0.400 e. The van der Waals surface area contributed by atoms with E-state index in [0.29, 0.717) is 40.0 Å². The summed E-state index contributed by atoms with van der Waals surface area (Å²) in [5.41, 5.74) is 1.26. The Morgan fingerprint density at radius 3 is 2.64 bits per heavy atom. The molecule has 0 saturated heterocycles. The Hall–Kier alpha value is -2.66. The summed E-state index contributed by atoms with van der Waals surface area (Å²) in [5, 5.41) is 0.583. The second-order valence-corrected chi connectivity index (χ2v) is 5.76. The lowest BCUT2D eigenvalue weighted by molar-refractivity contribution is 0.135. The molecule has 3 rings (SSSR count). The lowest BCUT2D eigenvalue weighted by Gasteiger charge is -2.17. The minimum Gasteiger partial charge on any atom is -0.495 e. The van der Waals surface area contributed by atoms with Crippen molar-refractivity contribution >= 4 is 22.7 Å². The van der Waals surface area contributed by atoms with E-state index in [0.717, 1.165) is 0 Å². The summed E-state index contributed by atoms with van der Waals surface area (Å²) >= 11 is 5.93. The van der Waals surface area contributed by atoms with Crippen molar-refractivity contribution in [1.29, 1.82) is 0 Å². The van der Waals surface area contributed by atoms with E-state index < -0.39 is 0 Å². The van der Waals surface area contributed by atoms with Gasteiger partial charge in [-0.2, -0.15) is 4.98 Å². The Morgan fingerprint density at radius 2 is 1.92 bits per heavy atom. The van der Waals surface area contributed by atoms with Crippen LogP contribution in [0.15, 0.2) is 59.2 Å². The Balaban J connectivity index is 1.66. The number of hydrogen-bond donors (Lipinski definition) is 0. The molecule has 1 heterocycles. The molecule has 0 saturated carbocycles. The quantitative estimate of drug-likeness (QED) is 0.514. The van der Waals surface area contributed by atoms with Gasteiger partial charge in [-0.05, 0) is 50.2 Å². The molecule has 1 atom stereocenters. The van der Waals surface area contributed by atoms with Gasteiger partial charge in [-0.15, -0.1) is 0 Å². The molecule has 0 N–H and O–H groups in total. The molecule has 0 fully saturated rings. The second kappa shape index (κ2) is 7.49. The van der Waals surface area contributed by atoms with E-state index in [2.05, 4.69) is 11.6 Å². The Morgan fingerprint density at radius 1 is 1.20 bits per heavy atom. The second-order valence-electron chi connectivity index (χ2n) is 5.32. The van der Waals surface area contributed by atoms with Crippen LogP contribution >= 0.6 is 11.6 Å². The highest BCUT2D eigenvalue weighted by atomic mass is 35.5. The van der Waals surface area contributed by atoms with Crippen LogP contribution in [0, 0.1) is 0 Å². The summed E-state index contributed by atoms with van der Waals surface area (Å²) in [4.78, 5) is 4.26. The largest absolute Gasteiger partial charge is 0.495 e. The number of fused-ring (bicyclic) bond motifs is 1. The number of rotatable bonds is 7. The van der Waals surface area contributed by atoms with Crippen molar-refractivity contribution in [2.75, 3.05) is 6.61 Å². The highest BCUT2D eigenvalue weighted by Gasteiger charge is 2.11. The van der Waals surface area contributed by atoms with Crippen LogP contribution in [-0.4, -0.2) is 17.7 Å². The molecule has 0 aliphatic rings. The van der Waals surface area contributed by atoms with Gasteiger partial charge in [0.15, 0.2) is 11.7 Å². The van der Waals surface area contributed by atoms with Crippen LogP contribution in [-0.2, 0) is 4.74 Å². The van der Waals surface area contributed by atoms with Crippen molar-refractivity contribution in [3.05, 3.63) is 59.8 Å². The van der Waals surface area contributed by atoms with Gasteiger partial charge in [0, 0.05) is 11.1 Å². The lowest BCUT2D eigenvalue weighted by Crippen LogP contribution is -2.16. The number of hydrogen-bond acceptors (Lipinski definition) is 5. The molecule has 5 nitrogen and oxygen atoms in total. The van der Waals surface area contributed by atoms with Gasteiger partial charge in [0.2, 0.25) is 0 Å². The zero-order valence-electron chi connectivity index (χ0n) is 14.0. The molecule has 0 aliphatic heterocycles. The zero-order valence-corrected chi connectivity index (χ0v) is 14.7. The molecule has 2 aromatic carbocycles. The first-order valence-electron chi connectivity index (χ1n) is 7.87. The van der Waals surface area contributed by atoms with Gasteiger partial charge in [0.1, 0.15) is 22.8 Å². The minimum atomic E-state index is -0.242. The van der Waals surface area contributed by atoms with Gasteiger partial charge >= 0.3 is 6.08 Å². The predicted octanol–water partition coefficient (Wildman–Crippen LogP) is 5.59. The lowest BCUT2D eigenvalue weighted by atomic mass is 10.3. The topological polar surface area (TPSA) is 53.7 Å². The summed E-state index contributed by atoms with van der Waals surface area (Å²) in [6, 6.07) is 12.4. The van der Waals surface area contributed by atoms with Gasteiger partial charge in [0.25, 0.3) is 0 Å². The molecular formula is C19H18ClNO4. The van der Waals surface area contributed by atoms with E-state index in [1.807, 2.05) is 13.8 Å². The van der Waals surface area contributed by atoms with Gasteiger partial charge in [-0.25, -0.2) is 0 Å². The molecule has 25 heavy (non-hydrogen) atoms. The molecule has 0 amide bonds. The van der Waals surface area contributed by atoms with Gasteiger partial charge < -0.3 is 18.6 Å². The van der Waals surface area contributed by atoms with Crippen LogP contribution in [0.5, 0.6) is 17.6 Å². The third-order valence-electron chi connectivity index (χ3n) is 3.46. The van der Waals surface area contributed by atoms with E-state index >= 15 is 0 Å². The SMILES string of the molecule is C=C(OCC)[C@@H](C)Oc1ccc(Oc2nc3ccc(Cl)cc3o2)cc1. The first-order valence-corrected chi connectivity index (χ1v) is 8.25. The Bertz CT molecular complexity index is 873. The van der Waals surface area contributed by atoms with E-state index in [4.69, 9.17) is 30.2 Å². The number of ether oxygens (including phenoxy) is 3. The summed E-state index contributed by atoms with van der Waals surface area (Å²) in [5.74, 6) is 1.86. The minimum absolute atomic E-state index is 0.157. The molecule has 3 aromatic rings. The highest BCUT2D eigenvalue weighted by Crippen LogP contribution is 2.28. The molecule has 0 unspecified atom stereocenters. The number of halogens is 1. The molecule has 1 aromatic heterocycles. The van der Waals surface area contributed by atoms with Gasteiger partial charge in [0.05, 0.1) is 6.61 Å². The molecule has 130 valence electrons. The number of aromatic nitrogens is 1. The van der Waals surface area contributed by atoms with Gasteiger partial charge in [-0.1, -0.05) is 18.2 Å². The van der Waals surface area contributed by atoms with E-state index in [1.165, 1.54) is 0 Å². The normalized spacial score (nSPS) is 12.0. The molecule has 0 radical (unpaired) electrons. The molecule has 0 aliphatic carbocycles. The van der Waals surface area contributed by atoms with Crippen LogP contribution in [0.4, 0.5) is 0 Å². The van der Waals surface area contributed by atoms with Crippen molar-refractivity contribution in [2.45, 2.75) is 20.0 Å². The summed E-state index contributed by atoms with van der Waals surface area (Å²) < 4.78 is 22.3. The maximum atomic E-state index is 5.93. The van der Waals surface area contributed by atoms with Crippen LogP contribution in [0.3, 0.4) is 0 Å². The van der Waals surface area contributed by atoms with Crippen molar-refractivity contribution in [2.24, 2.45) is 0 Å². The first kappa shape index (κ1) is 17.2. The van der Waals surface area contributed by atoms with Crippen LogP contribution in [0.25, 0.3) is 11.1 Å². The predicted molar refractivity (Wildman–Crippen MR) is 96.4 cm³/mol. The molecule has 0 spiro atoms. The van der Waals surface area contributed by atoms with Gasteiger partial charge in [-0.3, -0.25) is 0 Å². The van der Waals surface area contributed by atoms with Crippen LogP contribution < -0.4 is 9.47 Å². The van der Waals surface area contributed by atoms with Crippen molar-refractivity contribution in [3.63, 3.8) is 0 Å². The van der Waals surface area contributed by atoms with E-state index in [-0.39, 0.29) is 12.2 Å². The molecule has 0 bridgehead atoms. The smallest absolute Gasteiger partial charge is 0.400 e. The van der Waals surface area contributed by atoms with E-state index in [1.54, 1.807) is 42.5 Å². The standard InChI is InChI=1S/C19H18ClNO4/c1-4-22-12(2)13(3)23-15-6-8-16(9-7-15)24-19-21-17-10-5-14(20)11-18(17)25-19/h5-11,13H,2,4H2,1,3H3/t13-/m1/s1.